The minimum Gasteiger partial charge on any atom is -0.379 e. The lowest BCUT2D eigenvalue weighted by Crippen LogP contribution is -2.35. The molecule has 0 spiro atoms. The van der Waals surface area contributed by atoms with E-state index in [2.05, 4.69) is 20.3 Å². The van der Waals surface area contributed by atoms with Crippen molar-refractivity contribution >= 4 is 17.3 Å². The van der Waals surface area contributed by atoms with Gasteiger partial charge in [0.05, 0.1) is 13.2 Å². The van der Waals surface area contributed by atoms with E-state index in [4.69, 9.17) is 4.74 Å². The Morgan fingerprint density at radius 3 is 2.63 bits per heavy atom. The van der Waals surface area contributed by atoms with E-state index in [1.54, 1.807) is 10.6 Å². The summed E-state index contributed by atoms with van der Waals surface area (Å²) in [6.07, 6.45) is 1.84. The number of ether oxygens (including phenoxy) is 1. The molecule has 3 heterocycles. The number of hydrogen-bond donors (Lipinski definition) is 1. The number of rotatable bonds is 5. The zero-order valence-corrected chi connectivity index (χ0v) is 16.5. The molecule has 2 aromatic heterocycles. The lowest BCUT2D eigenvalue weighted by Gasteiger charge is -2.26. The average molecular weight is 403 g/mol. The number of nitrogens with one attached hydrogen (secondary N) is 1. The van der Waals surface area contributed by atoms with Gasteiger partial charge in [-0.3, -0.25) is 4.90 Å². The Labute approximate surface area is 173 Å². The van der Waals surface area contributed by atoms with Crippen LogP contribution in [0.1, 0.15) is 5.56 Å². The summed E-state index contributed by atoms with van der Waals surface area (Å²) in [6, 6.07) is 19.0. The first-order valence-corrected chi connectivity index (χ1v) is 10.0. The Kier molecular flexibility index (Phi) is 5.13. The van der Waals surface area contributed by atoms with E-state index in [9.17, 15) is 4.39 Å². The van der Waals surface area contributed by atoms with Gasteiger partial charge in [0.25, 0.3) is 0 Å². The highest BCUT2D eigenvalue weighted by molar-refractivity contribution is 5.78. The molecule has 0 aliphatic carbocycles. The Balaban J connectivity index is 1.43. The third kappa shape index (κ3) is 3.90. The Hall–Kier alpha value is -3.29. The molecule has 0 atom stereocenters. The first-order valence-electron chi connectivity index (χ1n) is 10.0. The summed E-state index contributed by atoms with van der Waals surface area (Å²) in [4.78, 5) is 6.84. The number of hydrogen-bond acceptors (Lipinski definition) is 5. The predicted octanol–water partition coefficient (Wildman–Crippen LogP) is 4.11. The standard InChI is InChI=1S/C23H22FN5O/c24-21-15-17(8-9-18(21)16-28-11-13-30-14-12-28)20-7-4-10-29-22(20)26-23(27-29)25-19-5-2-1-3-6-19/h1-10,15H,11-14,16H2,(H,25,27). The Morgan fingerprint density at radius 1 is 1.00 bits per heavy atom. The molecule has 0 bridgehead atoms. The van der Waals surface area contributed by atoms with Crippen molar-refractivity contribution in [2.24, 2.45) is 0 Å². The van der Waals surface area contributed by atoms with Gasteiger partial charge in [0.1, 0.15) is 5.82 Å². The summed E-state index contributed by atoms with van der Waals surface area (Å²) in [5.74, 6) is 0.293. The van der Waals surface area contributed by atoms with Crippen LogP contribution in [0.15, 0.2) is 66.9 Å². The van der Waals surface area contributed by atoms with E-state index in [-0.39, 0.29) is 5.82 Å². The number of halogens is 1. The average Bonchev–Trinajstić information content (AvgIpc) is 3.19. The highest BCUT2D eigenvalue weighted by Crippen LogP contribution is 2.27. The van der Waals surface area contributed by atoms with Crippen LogP contribution in [0.3, 0.4) is 0 Å². The molecule has 4 aromatic rings. The quantitative estimate of drug-likeness (QED) is 0.544. The van der Waals surface area contributed by atoms with E-state index in [0.29, 0.717) is 36.9 Å². The van der Waals surface area contributed by atoms with E-state index >= 15 is 0 Å². The van der Waals surface area contributed by atoms with Crippen LogP contribution in [0.5, 0.6) is 0 Å². The maximum atomic E-state index is 14.9. The fourth-order valence-corrected chi connectivity index (χ4v) is 3.68. The summed E-state index contributed by atoms with van der Waals surface area (Å²) in [5, 5.41) is 7.70. The van der Waals surface area contributed by atoms with E-state index in [0.717, 1.165) is 29.9 Å². The number of anilines is 2. The van der Waals surface area contributed by atoms with Crippen LogP contribution in [-0.4, -0.2) is 45.8 Å². The van der Waals surface area contributed by atoms with Crippen LogP contribution in [0.25, 0.3) is 16.8 Å². The second kappa shape index (κ2) is 8.22. The second-order valence-electron chi connectivity index (χ2n) is 7.31. The van der Waals surface area contributed by atoms with E-state index in [1.165, 1.54) is 0 Å². The van der Waals surface area contributed by atoms with Crippen LogP contribution >= 0.6 is 0 Å². The van der Waals surface area contributed by atoms with Crippen molar-refractivity contribution in [3.63, 3.8) is 0 Å². The van der Waals surface area contributed by atoms with Crippen LogP contribution in [0.4, 0.5) is 16.0 Å². The minimum absolute atomic E-state index is 0.205. The Bertz CT molecular complexity index is 1150. The molecule has 1 N–H and O–H groups in total. The van der Waals surface area contributed by atoms with Crippen molar-refractivity contribution in [2.45, 2.75) is 6.54 Å². The zero-order chi connectivity index (χ0) is 20.3. The van der Waals surface area contributed by atoms with Crippen molar-refractivity contribution < 1.29 is 9.13 Å². The summed E-state index contributed by atoms with van der Waals surface area (Å²) >= 11 is 0. The molecule has 1 aliphatic heterocycles. The van der Waals surface area contributed by atoms with Crippen molar-refractivity contribution in [2.75, 3.05) is 31.6 Å². The molecule has 1 saturated heterocycles. The smallest absolute Gasteiger partial charge is 0.247 e. The van der Waals surface area contributed by atoms with Gasteiger partial charge in [-0.05, 0) is 35.9 Å². The molecule has 6 nitrogen and oxygen atoms in total. The van der Waals surface area contributed by atoms with Gasteiger partial charge in [0.15, 0.2) is 5.65 Å². The molecule has 0 radical (unpaired) electrons. The fraction of sp³-hybridized carbons (Fsp3) is 0.217. The predicted molar refractivity (Wildman–Crippen MR) is 114 cm³/mol. The van der Waals surface area contributed by atoms with Crippen molar-refractivity contribution in [1.82, 2.24) is 19.5 Å². The number of para-hydroxylation sites is 1. The number of aromatic nitrogens is 3. The van der Waals surface area contributed by atoms with Gasteiger partial charge in [0, 0.05) is 42.6 Å². The van der Waals surface area contributed by atoms with Crippen LogP contribution < -0.4 is 5.32 Å². The second-order valence-corrected chi connectivity index (χ2v) is 7.31. The molecule has 1 fully saturated rings. The van der Waals surface area contributed by atoms with Gasteiger partial charge in [0.2, 0.25) is 5.95 Å². The molecule has 5 rings (SSSR count). The minimum atomic E-state index is -0.205. The highest BCUT2D eigenvalue weighted by atomic mass is 19.1. The molecule has 7 heteroatoms. The van der Waals surface area contributed by atoms with Gasteiger partial charge in [-0.15, -0.1) is 5.10 Å². The molecule has 30 heavy (non-hydrogen) atoms. The summed E-state index contributed by atoms with van der Waals surface area (Å²) in [5.41, 5.74) is 3.90. The van der Waals surface area contributed by atoms with Crippen molar-refractivity contribution in [3.05, 3.63) is 78.2 Å². The molecule has 1 aliphatic rings. The molecule has 152 valence electrons. The lowest BCUT2D eigenvalue weighted by molar-refractivity contribution is 0.0337. The third-order valence-electron chi connectivity index (χ3n) is 5.25. The van der Waals surface area contributed by atoms with Gasteiger partial charge < -0.3 is 10.1 Å². The molecular weight excluding hydrogens is 381 g/mol. The SMILES string of the molecule is Fc1cc(-c2cccn3nc(Nc4ccccc4)nc23)ccc1CN1CCOCC1. The monoisotopic (exact) mass is 403 g/mol. The topological polar surface area (TPSA) is 54.7 Å². The van der Waals surface area contributed by atoms with Gasteiger partial charge in [-0.2, -0.15) is 4.98 Å². The normalized spacial score (nSPS) is 14.8. The van der Waals surface area contributed by atoms with Crippen LogP contribution in [0.2, 0.25) is 0 Å². The first kappa shape index (κ1) is 18.7. The van der Waals surface area contributed by atoms with E-state index < -0.39 is 0 Å². The highest BCUT2D eigenvalue weighted by Gasteiger charge is 2.15. The number of benzene rings is 2. The zero-order valence-electron chi connectivity index (χ0n) is 16.5. The van der Waals surface area contributed by atoms with Crippen molar-refractivity contribution in [1.29, 1.82) is 0 Å². The number of pyridine rings is 1. The van der Waals surface area contributed by atoms with Gasteiger partial charge >= 0.3 is 0 Å². The van der Waals surface area contributed by atoms with Gasteiger partial charge in [-0.25, -0.2) is 8.91 Å². The molecule has 0 amide bonds. The third-order valence-corrected chi connectivity index (χ3v) is 5.25. The Morgan fingerprint density at radius 2 is 1.83 bits per heavy atom. The molecule has 0 saturated carbocycles. The fourth-order valence-electron chi connectivity index (χ4n) is 3.68. The van der Waals surface area contributed by atoms with Crippen LogP contribution in [-0.2, 0) is 11.3 Å². The molecule has 2 aromatic carbocycles. The lowest BCUT2D eigenvalue weighted by atomic mass is 10.0. The summed E-state index contributed by atoms with van der Waals surface area (Å²) in [6.45, 7) is 3.66. The number of nitrogens with zero attached hydrogens (tertiary/aromatic N) is 4. The molecular formula is C23H22FN5O. The van der Waals surface area contributed by atoms with Gasteiger partial charge in [-0.1, -0.05) is 30.3 Å². The van der Waals surface area contributed by atoms with E-state index in [1.807, 2.05) is 60.8 Å². The molecule has 0 unspecified atom stereocenters. The largest absolute Gasteiger partial charge is 0.379 e. The summed E-state index contributed by atoms with van der Waals surface area (Å²) in [7, 11) is 0. The van der Waals surface area contributed by atoms with Crippen LogP contribution in [0, 0.1) is 5.82 Å². The summed E-state index contributed by atoms with van der Waals surface area (Å²) < 4.78 is 21.9. The maximum Gasteiger partial charge on any atom is 0.247 e. The number of morpholine rings is 1. The number of fused-ring (bicyclic) bond motifs is 1. The first-order chi connectivity index (χ1) is 14.8. The maximum absolute atomic E-state index is 14.9. The van der Waals surface area contributed by atoms with Crippen molar-refractivity contribution in [3.8, 4) is 11.1 Å².